The van der Waals surface area contributed by atoms with Crippen LogP contribution in [0.1, 0.15) is 0 Å². The van der Waals surface area contributed by atoms with Crippen LogP contribution in [0.2, 0.25) is 0 Å². The third-order valence-electron chi connectivity index (χ3n) is 4.89. The Morgan fingerprint density at radius 3 is 1.56 bits per heavy atom. The van der Waals surface area contributed by atoms with Crippen molar-refractivity contribution in [2.75, 3.05) is 9.44 Å². The summed E-state index contributed by atoms with van der Waals surface area (Å²) < 4.78 is 30.7. The minimum absolute atomic E-state index is 0.0347. The molecule has 2 aromatic heterocycles. The smallest absolute Gasteiger partial charge is 0.241 e. The van der Waals surface area contributed by atoms with Gasteiger partial charge in [0.1, 0.15) is 0 Å². The molecular formula is C25H19N5O2S2. The van der Waals surface area contributed by atoms with Crippen LogP contribution in [0.15, 0.2) is 102 Å². The van der Waals surface area contributed by atoms with Gasteiger partial charge in [-0.1, -0.05) is 91.0 Å². The predicted molar refractivity (Wildman–Crippen MR) is 137 cm³/mol. The number of thiazole rings is 1. The highest BCUT2D eigenvalue weighted by Gasteiger charge is 2.17. The molecule has 168 valence electrons. The van der Waals surface area contributed by atoms with E-state index in [4.69, 9.17) is 0 Å². The van der Waals surface area contributed by atoms with Gasteiger partial charge in [-0.25, -0.2) is 24.4 Å². The third-order valence-corrected chi connectivity index (χ3v) is 6.69. The Morgan fingerprint density at radius 1 is 0.588 bits per heavy atom. The van der Waals surface area contributed by atoms with Gasteiger partial charge in [-0.2, -0.15) is 8.42 Å². The van der Waals surface area contributed by atoms with E-state index in [-0.39, 0.29) is 11.1 Å². The highest BCUT2D eigenvalue weighted by molar-refractivity contribution is 7.94. The van der Waals surface area contributed by atoms with E-state index < -0.39 is 10.2 Å². The highest BCUT2D eigenvalue weighted by atomic mass is 32.2. The average Bonchev–Trinajstić information content (AvgIpc) is 3.33. The van der Waals surface area contributed by atoms with Gasteiger partial charge < -0.3 is 0 Å². The molecular weight excluding hydrogens is 466 g/mol. The lowest BCUT2D eigenvalue weighted by molar-refractivity contribution is 0.605. The van der Waals surface area contributed by atoms with Crippen molar-refractivity contribution in [3.05, 3.63) is 102 Å². The predicted octanol–water partition coefficient (Wildman–Crippen LogP) is 5.70. The first-order valence-electron chi connectivity index (χ1n) is 10.4. The van der Waals surface area contributed by atoms with Gasteiger partial charge in [-0.05, 0) is 6.07 Å². The van der Waals surface area contributed by atoms with Crippen LogP contribution >= 0.6 is 11.3 Å². The topological polar surface area (TPSA) is 96.9 Å². The first-order chi connectivity index (χ1) is 16.6. The van der Waals surface area contributed by atoms with Gasteiger partial charge in [0.25, 0.3) is 0 Å². The molecule has 5 aromatic rings. The van der Waals surface area contributed by atoms with Crippen LogP contribution in [0.4, 0.5) is 11.1 Å². The minimum Gasteiger partial charge on any atom is -0.241 e. The molecule has 5 rings (SSSR count). The lowest BCUT2D eigenvalue weighted by atomic mass is 10.1. The molecule has 0 aliphatic carbocycles. The molecule has 0 atom stereocenters. The molecule has 0 unspecified atom stereocenters. The van der Waals surface area contributed by atoms with E-state index in [1.165, 1.54) is 11.3 Å². The maximum atomic E-state index is 12.9. The maximum Gasteiger partial charge on any atom is 0.325 e. The summed E-state index contributed by atoms with van der Waals surface area (Å²) in [5.74, 6) is -0.0347. The monoisotopic (exact) mass is 485 g/mol. The standard InChI is InChI=1S/C25H19N5O2S2/c31-34(32,30-25-28-23(17-33-25)20-14-8-3-9-15-20)29-24-26-21(18-10-4-1-5-11-18)16-22(27-24)19-12-6-2-7-13-19/h1-17H,(H,28,30)(H,26,27,29). The zero-order valence-electron chi connectivity index (χ0n) is 17.8. The van der Waals surface area contributed by atoms with E-state index in [1.807, 2.05) is 97.1 Å². The number of nitrogens with one attached hydrogen (secondary N) is 2. The molecule has 0 aliphatic rings. The largest absolute Gasteiger partial charge is 0.325 e. The van der Waals surface area contributed by atoms with Gasteiger partial charge in [-0.3, -0.25) is 0 Å². The Morgan fingerprint density at radius 2 is 1.06 bits per heavy atom. The summed E-state index contributed by atoms with van der Waals surface area (Å²) in [5, 5.41) is 2.04. The summed E-state index contributed by atoms with van der Waals surface area (Å²) in [7, 11) is -4.03. The van der Waals surface area contributed by atoms with Gasteiger partial charge in [0, 0.05) is 22.1 Å². The first-order valence-corrected chi connectivity index (χ1v) is 12.7. The number of aromatic nitrogens is 3. The Bertz CT molecular complexity index is 1450. The van der Waals surface area contributed by atoms with Gasteiger partial charge in [-0.15, -0.1) is 11.3 Å². The van der Waals surface area contributed by atoms with Crippen molar-refractivity contribution in [3.63, 3.8) is 0 Å². The van der Waals surface area contributed by atoms with Gasteiger partial charge in [0.2, 0.25) is 5.95 Å². The van der Waals surface area contributed by atoms with Crippen LogP contribution < -0.4 is 9.44 Å². The summed E-state index contributed by atoms with van der Waals surface area (Å²) >= 11 is 1.20. The quantitative estimate of drug-likeness (QED) is 0.308. The molecule has 2 N–H and O–H groups in total. The van der Waals surface area contributed by atoms with Crippen molar-refractivity contribution in [1.29, 1.82) is 0 Å². The van der Waals surface area contributed by atoms with Crippen molar-refractivity contribution in [3.8, 4) is 33.8 Å². The van der Waals surface area contributed by atoms with Crippen LogP contribution in [0.5, 0.6) is 0 Å². The lowest BCUT2D eigenvalue weighted by Gasteiger charge is -2.11. The number of anilines is 2. The third kappa shape index (κ3) is 5.11. The van der Waals surface area contributed by atoms with Crippen LogP contribution in [0.25, 0.3) is 33.8 Å². The molecule has 7 nitrogen and oxygen atoms in total. The van der Waals surface area contributed by atoms with Crippen molar-refractivity contribution >= 4 is 32.6 Å². The average molecular weight is 486 g/mol. The molecule has 0 fully saturated rings. The summed E-state index contributed by atoms with van der Waals surface area (Å²) in [6.07, 6.45) is 0. The lowest BCUT2D eigenvalue weighted by Crippen LogP contribution is -2.23. The fourth-order valence-electron chi connectivity index (χ4n) is 3.33. The van der Waals surface area contributed by atoms with Crippen molar-refractivity contribution in [2.24, 2.45) is 0 Å². The van der Waals surface area contributed by atoms with Crippen molar-refractivity contribution in [1.82, 2.24) is 15.0 Å². The summed E-state index contributed by atoms with van der Waals surface area (Å²) in [4.78, 5) is 13.3. The molecule has 2 heterocycles. The second kappa shape index (κ2) is 9.42. The molecule has 34 heavy (non-hydrogen) atoms. The number of rotatable bonds is 7. The summed E-state index contributed by atoms with van der Waals surface area (Å²) in [6.45, 7) is 0. The van der Waals surface area contributed by atoms with Gasteiger partial charge in [0.15, 0.2) is 5.13 Å². The molecule has 0 spiro atoms. The molecule has 0 amide bonds. The van der Waals surface area contributed by atoms with E-state index in [1.54, 1.807) is 5.38 Å². The fraction of sp³-hybridized carbons (Fsp3) is 0. The molecule has 3 aromatic carbocycles. The molecule has 0 aliphatic heterocycles. The van der Waals surface area contributed by atoms with Crippen LogP contribution in [-0.4, -0.2) is 23.4 Å². The van der Waals surface area contributed by atoms with Gasteiger partial charge >= 0.3 is 10.2 Å². The maximum absolute atomic E-state index is 12.9. The number of nitrogens with zero attached hydrogens (tertiary/aromatic N) is 3. The molecule has 0 bridgehead atoms. The van der Waals surface area contributed by atoms with E-state index in [0.717, 1.165) is 16.7 Å². The zero-order valence-corrected chi connectivity index (χ0v) is 19.4. The van der Waals surface area contributed by atoms with E-state index >= 15 is 0 Å². The fourth-order valence-corrected chi connectivity index (χ4v) is 5.07. The molecule has 0 saturated carbocycles. The Hall–Kier alpha value is -4.08. The molecule has 0 radical (unpaired) electrons. The summed E-state index contributed by atoms with van der Waals surface area (Å²) in [5.41, 5.74) is 4.51. The van der Waals surface area contributed by atoms with E-state index in [2.05, 4.69) is 24.4 Å². The minimum atomic E-state index is -4.03. The number of hydrogen-bond acceptors (Lipinski definition) is 6. The molecule has 9 heteroatoms. The Kier molecular flexibility index (Phi) is 6.03. The van der Waals surface area contributed by atoms with E-state index in [0.29, 0.717) is 17.1 Å². The second-order valence-electron chi connectivity index (χ2n) is 7.31. The Labute approximate surface area is 201 Å². The van der Waals surface area contributed by atoms with Crippen LogP contribution in [-0.2, 0) is 10.2 Å². The second-order valence-corrected chi connectivity index (χ2v) is 9.58. The Balaban J connectivity index is 1.44. The first kappa shape index (κ1) is 21.7. The van der Waals surface area contributed by atoms with E-state index in [9.17, 15) is 8.42 Å². The van der Waals surface area contributed by atoms with Crippen molar-refractivity contribution < 1.29 is 8.42 Å². The molecule has 0 saturated heterocycles. The van der Waals surface area contributed by atoms with Crippen molar-refractivity contribution in [2.45, 2.75) is 0 Å². The van der Waals surface area contributed by atoms with Crippen LogP contribution in [0.3, 0.4) is 0 Å². The highest BCUT2D eigenvalue weighted by Crippen LogP contribution is 2.27. The number of hydrogen-bond donors (Lipinski definition) is 2. The SMILES string of the molecule is O=S(=O)(Nc1nc(-c2ccccc2)cc(-c2ccccc2)n1)Nc1nc(-c2ccccc2)cs1. The zero-order chi connectivity index (χ0) is 23.4. The summed E-state index contributed by atoms with van der Waals surface area (Å²) in [6, 6.07) is 30.5. The van der Waals surface area contributed by atoms with Gasteiger partial charge in [0.05, 0.1) is 17.1 Å². The van der Waals surface area contributed by atoms with Crippen LogP contribution in [0, 0.1) is 0 Å². The number of benzene rings is 3. The normalized spacial score (nSPS) is 11.2.